The number of imidazole rings is 1. The van der Waals surface area contributed by atoms with Gasteiger partial charge in [0.25, 0.3) is 0 Å². The van der Waals surface area contributed by atoms with Gasteiger partial charge in [0.1, 0.15) is 5.82 Å². The molecule has 0 amide bonds. The molecule has 2 heterocycles. The molecule has 1 fully saturated rings. The lowest BCUT2D eigenvalue weighted by Crippen LogP contribution is -2.46. The Morgan fingerprint density at radius 3 is 2.50 bits per heavy atom. The van der Waals surface area contributed by atoms with Crippen LogP contribution in [0.5, 0.6) is 0 Å². The molecular weight excluding hydrogens is 320 g/mol. The van der Waals surface area contributed by atoms with E-state index in [0.29, 0.717) is 0 Å². The summed E-state index contributed by atoms with van der Waals surface area (Å²) in [6, 6.07) is 16.6. The molecule has 0 spiro atoms. The molecule has 0 N–H and O–H groups in total. The molecule has 0 aliphatic carbocycles. The van der Waals surface area contributed by atoms with E-state index in [9.17, 15) is 0 Å². The number of hydrogen-bond acceptors (Lipinski definition) is 3. The summed E-state index contributed by atoms with van der Waals surface area (Å²) >= 11 is 6.08. The summed E-state index contributed by atoms with van der Waals surface area (Å²) in [7, 11) is 2.08. The van der Waals surface area contributed by atoms with Crippen molar-refractivity contribution in [3.63, 3.8) is 0 Å². The highest BCUT2D eigenvalue weighted by atomic mass is 35.5. The van der Waals surface area contributed by atoms with Gasteiger partial charge in [-0.2, -0.15) is 0 Å². The van der Waals surface area contributed by atoms with Crippen molar-refractivity contribution in [3.8, 4) is 0 Å². The maximum Gasteiger partial charge on any atom is 0.123 e. The molecule has 5 heteroatoms. The number of anilines is 1. The van der Waals surface area contributed by atoms with Crippen LogP contribution in [0, 0.1) is 0 Å². The molecule has 24 heavy (non-hydrogen) atoms. The molecular formula is C19H21ClN4. The minimum absolute atomic E-state index is 0.739. The van der Waals surface area contributed by atoms with Gasteiger partial charge in [0.15, 0.2) is 0 Å². The molecule has 0 bridgehead atoms. The maximum absolute atomic E-state index is 6.08. The number of nitrogens with zero attached hydrogens (tertiary/aromatic N) is 4. The molecule has 1 aliphatic rings. The van der Waals surface area contributed by atoms with Crippen molar-refractivity contribution in [1.82, 2.24) is 14.5 Å². The summed E-state index contributed by atoms with van der Waals surface area (Å²) in [5.41, 5.74) is 3.43. The van der Waals surface area contributed by atoms with E-state index in [1.807, 2.05) is 18.2 Å². The van der Waals surface area contributed by atoms with Crippen LogP contribution in [-0.4, -0.2) is 40.6 Å². The van der Waals surface area contributed by atoms with Crippen LogP contribution in [0.2, 0.25) is 5.02 Å². The highest BCUT2D eigenvalue weighted by Crippen LogP contribution is 2.21. The molecule has 4 nitrogen and oxygen atoms in total. The molecule has 1 saturated heterocycles. The Morgan fingerprint density at radius 1 is 1.00 bits per heavy atom. The van der Waals surface area contributed by atoms with Crippen molar-refractivity contribution >= 4 is 28.3 Å². The maximum atomic E-state index is 6.08. The molecule has 3 aromatic rings. The third-order valence-corrected chi connectivity index (χ3v) is 5.03. The van der Waals surface area contributed by atoms with Crippen molar-refractivity contribution < 1.29 is 0 Å². The zero-order valence-corrected chi connectivity index (χ0v) is 14.6. The van der Waals surface area contributed by atoms with Gasteiger partial charge in [0.2, 0.25) is 0 Å². The Labute approximate surface area is 147 Å². The summed E-state index contributed by atoms with van der Waals surface area (Å²) in [5.74, 6) is 1.10. The number of piperazine rings is 1. The fourth-order valence-electron chi connectivity index (χ4n) is 3.37. The standard InChI is InChI=1S/C19H21ClN4/c1-22-18-8-7-15(20)13-17(18)21-19(22)14-23-9-11-24(12-10-23)16-5-3-2-4-6-16/h2-8,13H,9-12,14H2,1H3. The molecule has 0 saturated carbocycles. The molecule has 124 valence electrons. The first-order valence-electron chi connectivity index (χ1n) is 8.34. The van der Waals surface area contributed by atoms with Crippen molar-refractivity contribution in [1.29, 1.82) is 0 Å². The topological polar surface area (TPSA) is 24.3 Å². The zero-order chi connectivity index (χ0) is 16.5. The summed E-state index contributed by atoms with van der Waals surface area (Å²) in [4.78, 5) is 9.69. The van der Waals surface area contributed by atoms with Crippen molar-refractivity contribution in [3.05, 3.63) is 59.4 Å². The Hall–Kier alpha value is -2.04. The van der Waals surface area contributed by atoms with E-state index < -0.39 is 0 Å². The predicted octanol–water partition coefficient (Wildman–Crippen LogP) is 3.55. The lowest BCUT2D eigenvalue weighted by molar-refractivity contribution is 0.242. The van der Waals surface area contributed by atoms with Crippen molar-refractivity contribution in [2.24, 2.45) is 7.05 Å². The largest absolute Gasteiger partial charge is 0.369 e. The molecule has 0 atom stereocenters. The minimum atomic E-state index is 0.739. The van der Waals surface area contributed by atoms with E-state index in [2.05, 4.69) is 51.7 Å². The first-order valence-corrected chi connectivity index (χ1v) is 8.72. The Bertz CT molecular complexity index is 835. The Kier molecular flexibility index (Phi) is 4.17. The second kappa shape index (κ2) is 6.46. The van der Waals surface area contributed by atoms with Gasteiger partial charge in [-0.15, -0.1) is 0 Å². The first-order chi connectivity index (χ1) is 11.7. The number of hydrogen-bond donors (Lipinski definition) is 0. The van der Waals surface area contributed by atoms with Crippen LogP contribution in [0.4, 0.5) is 5.69 Å². The van der Waals surface area contributed by atoms with Gasteiger partial charge in [0.05, 0.1) is 17.6 Å². The third-order valence-electron chi connectivity index (χ3n) is 4.79. The SMILES string of the molecule is Cn1c(CN2CCN(c3ccccc3)CC2)nc2cc(Cl)ccc21. The number of halogens is 1. The lowest BCUT2D eigenvalue weighted by atomic mass is 10.2. The number of aromatic nitrogens is 2. The van der Waals surface area contributed by atoms with Crippen LogP contribution in [0.15, 0.2) is 48.5 Å². The number of aryl methyl sites for hydroxylation is 1. The van der Waals surface area contributed by atoms with Crippen LogP contribution in [0.25, 0.3) is 11.0 Å². The fraction of sp³-hybridized carbons (Fsp3) is 0.316. The smallest absolute Gasteiger partial charge is 0.123 e. The van der Waals surface area contributed by atoms with E-state index in [1.165, 1.54) is 5.69 Å². The minimum Gasteiger partial charge on any atom is -0.369 e. The molecule has 2 aromatic carbocycles. The van der Waals surface area contributed by atoms with Gasteiger partial charge >= 0.3 is 0 Å². The van der Waals surface area contributed by atoms with Crippen LogP contribution in [0.1, 0.15) is 5.82 Å². The van der Waals surface area contributed by atoms with E-state index in [4.69, 9.17) is 16.6 Å². The quantitative estimate of drug-likeness (QED) is 0.728. The second-order valence-electron chi connectivity index (χ2n) is 6.32. The average Bonchev–Trinajstić information content (AvgIpc) is 2.91. The summed E-state index contributed by atoms with van der Waals surface area (Å²) in [6.07, 6.45) is 0. The average molecular weight is 341 g/mol. The predicted molar refractivity (Wildman–Crippen MR) is 99.7 cm³/mol. The highest BCUT2D eigenvalue weighted by Gasteiger charge is 2.19. The van der Waals surface area contributed by atoms with E-state index >= 15 is 0 Å². The van der Waals surface area contributed by atoms with E-state index in [-0.39, 0.29) is 0 Å². The number of benzene rings is 2. The van der Waals surface area contributed by atoms with Gasteiger partial charge in [-0.25, -0.2) is 4.98 Å². The van der Waals surface area contributed by atoms with Gasteiger partial charge < -0.3 is 9.47 Å². The zero-order valence-electron chi connectivity index (χ0n) is 13.8. The van der Waals surface area contributed by atoms with Gasteiger partial charge in [0, 0.05) is 43.9 Å². The van der Waals surface area contributed by atoms with Gasteiger partial charge in [-0.3, -0.25) is 4.90 Å². The fourth-order valence-corrected chi connectivity index (χ4v) is 3.53. The molecule has 1 aliphatic heterocycles. The van der Waals surface area contributed by atoms with Gasteiger partial charge in [-0.1, -0.05) is 29.8 Å². The van der Waals surface area contributed by atoms with Crippen molar-refractivity contribution in [2.45, 2.75) is 6.54 Å². The van der Waals surface area contributed by atoms with Crippen LogP contribution >= 0.6 is 11.6 Å². The third kappa shape index (κ3) is 2.99. The normalized spacial score (nSPS) is 16.0. The lowest BCUT2D eigenvalue weighted by Gasteiger charge is -2.35. The first kappa shape index (κ1) is 15.5. The summed E-state index contributed by atoms with van der Waals surface area (Å²) < 4.78 is 2.18. The molecule has 4 rings (SSSR count). The van der Waals surface area contributed by atoms with Crippen LogP contribution in [0.3, 0.4) is 0 Å². The van der Waals surface area contributed by atoms with Crippen molar-refractivity contribution in [2.75, 3.05) is 31.1 Å². The molecule has 0 unspecified atom stereocenters. The number of para-hydroxylation sites is 1. The number of rotatable bonds is 3. The second-order valence-corrected chi connectivity index (χ2v) is 6.76. The van der Waals surface area contributed by atoms with Crippen LogP contribution < -0.4 is 4.90 Å². The summed E-state index contributed by atoms with van der Waals surface area (Å²) in [6.45, 7) is 5.10. The highest BCUT2D eigenvalue weighted by molar-refractivity contribution is 6.31. The van der Waals surface area contributed by atoms with Crippen LogP contribution in [-0.2, 0) is 13.6 Å². The van der Waals surface area contributed by atoms with E-state index in [0.717, 1.165) is 54.6 Å². The Balaban J connectivity index is 1.45. The molecule has 1 aromatic heterocycles. The Morgan fingerprint density at radius 2 is 1.75 bits per heavy atom. The van der Waals surface area contributed by atoms with E-state index in [1.54, 1.807) is 0 Å². The monoisotopic (exact) mass is 340 g/mol. The van der Waals surface area contributed by atoms with Gasteiger partial charge in [-0.05, 0) is 30.3 Å². The summed E-state index contributed by atoms with van der Waals surface area (Å²) in [5, 5.41) is 0.739. The molecule has 0 radical (unpaired) electrons. The number of fused-ring (bicyclic) bond motifs is 1.